The van der Waals surface area contributed by atoms with E-state index in [1.807, 2.05) is 0 Å². The number of anilines is 1. The number of nitrogens with two attached hydrogens (primary N) is 1. The number of oxime groups is 1. The number of alkyl halides is 3. The van der Waals surface area contributed by atoms with Gasteiger partial charge in [-0.25, -0.2) is 19.4 Å². The van der Waals surface area contributed by atoms with Crippen LogP contribution in [0.25, 0.3) is 0 Å². The summed E-state index contributed by atoms with van der Waals surface area (Å²) in [5.41, 5.74) is 5.68. The van der Waals surface area contributed by atoms with Crippen LogP contribution >= 0.6 is 46.5 Å². The number of aliphatic carboxylic acids is 3. The summed E-state index contributed by atoms with van der Waals surface area (Å²) in [7, 11) is 0. The van der Waals surface area contributed by atoms with E-state index in [1.54, 1.807) is 0 Å². The lowest BCUT2D eigenvalue weighted by Gasteiger charge is -2.49. The minimum Gasteiger partial charge on any atom is -0.504 e. The average Bonchev–Trinajstić information content (AvgIpc) is 3.82. The smallest absolute Gasteiger partial charge is 0.490 e. The van der Waals surface area contributed by atoms with Crippen molar-refractivity contribution in [2.75, 3.05) is 29.5 Å². The summed E-state index contributed by atoms with van der Waals surface area (Å²) in [6.45, 7) is 0.176. The Kier molecular flexibility index (Phi) is 14.7. The van der Waals surface area contributed by atoms with Gasteiger partial charge in [0.05, 0.1) is 10.6 Å². The molecule has 9 N–H and O–H groups in total. The van der Waals surface area contributed by atoms with Crippen LogP contribution in [0.15, 0.2) is 33.9 Å². The molecule has 1 saturated heterocycles. The monoisotopic (exact) mass is 868 g/mol. The molecule has 3 atom stereocenters. The zero-order chi connectivity index (χ0) is 41.5. The zero-order valence-electron chi connectivity index (χ0n) is 28.4. The van der Waals surface area contributed by atoms with Gasteiger partial charge < -0.3 is 46.7 Å². The molecule has 0 spiro atoms. The number of amides is 3. The molecule has 0 bridgehead atoms. The molecular weight excluding hydrogens is 837 g/mol. The molecule has 18 nitrogen and oxygen atoms in total. The van der Waals surface area contributed by atoms with Gasteiger partial charge in [0.25, 0.3) is 17.7 Å². The van der Waals surface area contributed by atoms with E-state index in [2.05, 4.69) is 20.8 Å². The number of aromatic nitrogens is 1. The number of nitrogen functional groups attached to an aromatic ring is 1. The number of nitrogens with zero attached hydrogens (tertiary/aromatic N) is 3. The molecule has 1 aromatic carbocycles. The number of benzene rings is 1. The molecule has 1 aromatic heterocycles. The van der Waals surface area contributed by atoms with Crippen molar-refractivity contribution < 1.29 is 72.3 Å². The number of phenolic OH excluding ortho intramolecular Hbond substituents is 2. The molecule has 1 saturated carbocycles. The maximum Gasteiger partial charge on any atom is 0.490 e. The normalized spacial score (nSPS) is 18.9. The van der Waals surface area contributed by atoms with Crippen LogP contribution in [-0.4, -0.2) is 124 Å². The number of carboxylic acids is 3. The van der Waals surface area contributed by atoms with Crippen LogP contribution in [0.4, 0.5) is 18.3 Å². The number of halogens is 4. The van der Waals surface area contributed by atoms with Gasteiger partial charge in [0.1, 0.15) is 22.8 Å². The van der Waals surface area contributed by atoms with Crippen molar-refractivity contribution in [3.05, 3.63) is 45.1 Å². The number of carboxylic acid groups (broad SMARTS) is 3. The summed E-state index contributed by atoms with van der Waals surface area (Å²) >= 11 is 9.54. The van der Waals surface area contributed by atoms with Crippen molar-refractivity contribution >= 4 is 92.9 Å². The first-order chi connectivity index (χ1) is 26.3. The molecule has 304 valence electrons. The molecule has 25 heteroatoms. The van der Waals surface area contributed by atoms with Crippen LogP contribution in [0.5, 0.6) is 11.5 Å². The van der Waals surface area contributed by atoms with Crippen molar-refractivity contribution in [2.45, 2.75) is 49.4 Å². The summed E-state index contributed by atoms with van der Waals surface area (Å²) in [4.78, 5) is 82.8. The SMILES string of the molecule is Nc1nc(/C(=N/OC(C(=O)O)C2CCCC2)C(=O)N[C@@H]2C(=O)N3C(C(=O)O)=C(CSCCNC(=O)c4ccc(O)c(O)c4Cl)CS[C@H]23)cs1.O=C(O)C(F)(F)F. The fraction of sp³-hybridized carbons (Fsp3) is 0.419. The third-order valence-electron chi connectivity index (χ3n) is 8.24. The summed E-state index contributed by atoms with van der Waals surface area (Å²) in [6.07, 6.45) is -3.37. The van der Waals surface area contributed by atoms with Gasteiger partial charge >= 0.3 is 24.1 Å². The number of aromatic hydroxyl groups is 2. The number of phenols is 2. The third kappa shape index (κ3) is 10.5. The van der Waals surface area contributed by atoms with Gasteiger partial charge in [-0.1, -0.05) is 29.6 Å². The predicted octanol–water partition coefficient (Wildman–Crippen LogP) is 2.69. The highest BCUT2D eigenvalue weighted by molar-refractivity contribution is 8.01. The van der Waals surface area contributed by atoms with Crippen LogP contribution in [0.2, 0.25) is 5.02 Å². The highest BCUT2D eigenvalue weighted by Crippen LogP contribution is 2.41. The molecule has 2 aliphatic heterocycles. The van der Waals surface area contributed by atoms with E-state index in [4.69, 9.17) is 32.1 Å². The van der Waals surface area contributed by atoms with Crippen molar-refractivity contribution in [3.8, 4) is 11.5 Å². The lowest BCUT2D eigenvalue weighted by atomic mass is 10.0. The number of thiazole rings is 1. The Morgan fingerprint density at radius 2 is 1.80 bits per heavy atom. The van der Waals surface area contributed by atoms with E-state index in [0.29, 0.717) is 24.2 Å². The highest BCUT2D eigenvalue weighted by atomic mass is 35.5. The minimum atomic E-state index is -5.08. The number of rotatable bonds is 14. The second-order valence-electron chi connectivity index (χ2n) is 11.9. The number of nitrogens with one attached hydrogen (secondary N) is 2. The fourth-order valence-electron chi connectivity index (χ4n) is 5.56. The molecule has 2 fully saturated rings. The molecule has 3 aliphatic rings. The number of carbonyl (C=O) groups excluding carboxylic acids is 3. The number of fused-ring (bicyclic) bond motifs is 1. The summed E-state index contributed by atoms with van der Waals surface area (Å²) in [5.74, 6) is -7.87. The molecular formula is C31H32ClF3N6O12S3. The second kappa shape index (κ2) is 18.8. The first-order valence-corrected chi connectivity index (χ1v) is 19.5. The van der Waals surface area contributed by atoms with Crippen molar-refractivity contribution in [1.29, 1.82) is 0 Å². The van der Waals surface area contributed by atoms with Crippen LogP contribution in [0.3, 0.4) is 0 Å². The Morgan fingerprint density at radius 3 is 2.38 bits per heavy atom. The molecule has 1 unspecified atom stereocenters. The highest BCUT2D eigenvalue weighted by Gasteiger charge is 2.54. The molecule has 3 heterocycles. The predicted molar refractivity (Wildman–Crippen MR) is 195 cm³/mol. The number of hydrogen-bond acceptors (Lipinski definition) is 15. The standard InChI is InChI=1S/C29H31ClN6O10S3.C2HF3O2/c30-17-14(5-6-16(37)21(17)38)23(39)32-7-8-47-9-13-10-48-26-19(25(41)36(26)20(13)27(42)43)34-24(40)18(15-11-49-29(31)33-15)35-46-22(28(44)45)12-3-1-2-4-12;3-2(4,5)1(6)7/h5-6,11-12,19,22,26,37-38H,1-4,7-10H2,(H2,31,33)(H,32,39)(H,34,40)(H,42,43)(H,44,45);(H,6,7)/b35-18-;/t19-,22?,26-;/m1./s1. The fourth-order valence-corrected chi connectivity index (χ4v) is 8.71. The first-order valence-electron chi connectivity index (χ1n) is 16.1. The van der Waals surface area contributed by atoms with Gasteiger partial charge in [0, 0.05) is 35.1 Å². The second-order valence-corrected chi connectivity index (χ2v) is 15.4. The molecule has 5 rings (SSSR count). The van der Waals surface area contributed by atoms with E-state index < -0.39 is 70.8 Å². The summed E-state index contributed by atoms with van der Waals surface area (Å²) in [5, 5.41) is 55.7. The minimum absolute atomic E-state index is 0.0272. The van der Waals surface area contributed by atoms with Gasteiger partial charge in [-0.3, -0.25) is 19.3 Å². The molecule has 0 radical (unpaired) electrons. The van der Waals surface area contributed by atoms with Crippen molar-refractivity contribution in [1.82, 2.24) is 20.5 Å². The molecule has 1 aliphatic carbocycles. The summed E-state index contributed by atoms with van der Waals surface area (Å²) < 4.78 is 31.7. The van der Waals surface area contributed by atoms with E-state index >= 15 is 0 Å². The van der Waals surface area contributed by atoms with Crippen molar-refractivity contribution in [3.63, 3.8) is 0 Å². The molecule has 56 heavy (non-hydrogen) atoms. The lowest BCUT2D eigenvalue weighted by molar-refractivity contribution is -0.192. The third-order valence-corrected chi connectivity index (χ3v) is 11.7. The average molecular weight is 869 g/mol. The van der Waals surface area contributed by atoms with Crippen LogP contribution in [0.1, 0.15) is 41.7 Å². The van der Waals surface area contributed by atoms with E-state index in [-0.39, 0.29) is 56.8 Å². The maximum atomic E-state index is 13.4. The first kappa shape index (κ1) is 43.8. The number of hydrogen-bond donors (Lipinski definition) is 8. The van der Waals surface area contributed by atoms with E-state index in [0.717, 1.165) is 35.1 Å². The lowest BCUT2D eigenvalue weighted by Crippen LogP contribution is -2.71. The summed E-state index contributed by atoms with van der Waals surface area (Å²) in [6, 6.07) is 1.30. The van der Waals surface area contributed by atoms with Gasteiger partial charge in [-0.2, -0.15) is 24.9 Å². The van der Waals surface area contributed by atoms with E-state index in [1.165, 1.54) is 35.0 Å². The van der Waals surface area contributed by atoms with Gasteiger partial charge in [-0.15, -0.1) is 23.1 Å². The largest absolute Gasteiger partial charge is 0.504 e. The van der Waals surface area contributed by atoms with E-state index in [9.17, 15) is 57.6 Å². The quantitative estimate of drug-likeness (QED) is 0.0445. The number of thioether (sulfide) groups is 2. The van der Waals surface area contributed by atoms with Gasteiger partial charge in [0.15, 0.2) is 22.3 Å². The Balaban J connectivity index is 0.000000908. The Morgan fingerprint density at radius 1 is 1.14 bits per heavy atom. The number of carbonyl (C=O) groups is 6. The Bertz CT molecular complexity index is 1940. The Hall–Kier alpha value is -4.94. The van der Waals surface area contributed by atoms with Crippen LogP contribution < -0.4 is 16.4 Å². The van der Waals surface area contributed by atoms with Crippen molar-refractivity contribution in [2.24, 2.45) is 11.1 Å². The van der Waals surface area contributed by atoms with Gasteiger partial charge in [-0.05, 0) is 30.5 Å². The maximum absolute atomic E-state index is 13.4. The molecule has 3 amide bonds. The topological polar surface area (TPSA) is 291 Å². The number of β-lactam (4-membered cyclic amide) rings is 1. The molecule has 2 aromatic rings. The van der Waals surface area contributed by atoms with Crippen LogP contribution in [-0.2, 0) is 28.8 Å². The Labute approximate surface area is 331 Å². The van der Waals surface area contributed by atoms with Gasteiger partial charge in [0.2, 0.25) is 6.10 Å². The van der Waals surface area contributed by atoms with Crippen LogP contribution in [0, 0.1) is 5.92 Å². The zero-order valence-corrected chi connectivity index (χ0v) is 31.7.